The Morgan fingerprint density at radius 2 is 1.73 bits per heavy atom. The third-order valence-corrected chi connectivity index (χ3v) is 14.3. The highest BCUT2D eigenvalue weighted by Gasteiger charge is 2.37. The van der Waals surface area contributed by atoms with Crippen molar-refractivity contribution in [3.63, 3.8) is 0 Å². The summed E-state index contributed by atoms with van der Waals surface area (Å²) in [6.07, 6.45) is 5.54. The number of nitrogens with one attached hydrogen (secondary N) is 1. The van der Waals surface area contributed by atoms with Gasteiger partial charge in [-0.3, -0.25) is 4.98 Å². The van der Waals surface area contributed by atoms with Crippen LogP contribution in [0.1, 0.15) is 65.9 Å². The number of hydrogen-bond donors (Lipinski definition) is 1. The van der Waals surface area contributed by atoms with Crippen LogP contribution in [0.4, 0.5) is 0 Å². The Morgan fingerprint density at radius 3 is 2.41 bits per heavy atom. The molecule has 0 saturated heterocycles. The lowest BCUT2D eigenvalue weighted by Gasteiger charge is -2.36. The molecule has 5 rings (SSSR count). The number of pyridine rings is 2. The second-order valence-electron chi connectivity index (χ2n) is 13.6. The molecule has 1 unspecified atom stereocenters. The molecule has 11 heteroatoms. The molecule has 0 spiro atoms. The molecule has 0 aliphatic rings. The smallest absolute Gasteiger partial charge is 0.192 e. The van der Waals surface area contributed by atoms with Gasteiger partial charge in [0.1, 0.15) is 4.75 Å². The number of nitrogens with zero attached hydrogens (tertiary/aromatic N) is 6. The Morgan fingerprint density at radius 1 is 0.977 bits per heavy atom. The Bertz CT molecular complexity index is 1740. The third-order valence-electron chi connectivity index (χ3n) is 8.16. The second kappa shape index (κ2) is 12.2. The van der Waals surface area contributed by atoms with Crippen molar-refractivity contribution in [2.45, 2.75) is 84.0 Å². The largest absolute Gasteiger partial charge is 0.598 e. The molecule has 1 aromatic carbocycles. The summed E-state index contributed by atoms with van der Waals surface area (Å²) in [5, 5.41) is 10.4. The Kier molecular flexibility index (Phi) is 8.89. The highest BCUT2D eigenvalue weighted by Crippen LogP contribution is 2.37. The Labute approximate surface area is 264 Å². The molecule has 4 aromatic heterocycles. The predicted molar refractivity (Wildman–Crippen MR) is 181 cm³/mol. The first-order valence-corrected chi connectivity index (χ1v) is 19.0. The molecule has 0 aliphatic carbocycles. The summed E-state index contributed by atoms with van der Waals surface area (Å²) >= 11 is -1.22. The van der Waals surface area contributed by atoms with Crippen molar-refractivity contribution in [1.82, 2.24) is 34.3 Å². The van der Waals surface area contributed by atoms with Crippen LogP contribution in [0.3, 0.4) is 0 Å². The lowest BCUT2D eigenvalue weighted by atomic mass is 10.1. The van der Waals surface area contributed by atoms with Crippen molar-refractivity contribution in [3.05, 3.63) is 84.6 Å². The predicted octanol–water partition coefficient (Wildman–Crippen LogP) is 7.30. The SMILES string of the molecule is C[C@H](N[S+]([O-])C(C)(C)C)c1cccc(-c2cc(-n3cccn3)c3cnn(-c4cccc(CO[Si](C)(C)C(C)(C)C)n4)c3c2)n1. The zero-order valence-corrected chi connectivity index (χ0v) is 28.9. The number of aromatic nitrogens is 6. The molecule has 0 aliphatic heterocycles. The first kappa shape index (κ1) is 32.1. The van der Waals surface area contributed by atoms with E-state index >= 15 is 0 Å². The maximum atomic E-state index is 12.8. The molecule has 5 aromatic rings. The van der Waals surface area contributed by atoms with E-state index in [1.807, 2.05) is 91.9 Å². The fourth-order valence-corrected chi connectivity index (χ4v) is 6.16. The lowest BCUT2D eigenvalue weighted by Crippen LogP contribution is -2.40. The molecule has 0 fully saturated rings. The summed E-state index contributed by atoms with van der Waals surface area (Å²) in [6, 6.07) is 17.8. The van der Waals surface area contributed by atoms with Crippen LogP contribution in [0.5, 0.6) is 0 Å². The van der Waals surface area contributed by atoms with Crippen LogP contribution in [-0.4, -0.2) is 47.1 Å². The van der Waals surface area contributed by atoms with Crippen LogP contribution in [-0.2, 0) is 22.4 Å². The summed E-state index contributed by atoms with van der Waals surface area (Å²) < 4.78 is 25.8. The van der Waals surface area contributed by atoms with Crippen LogP contribution >= 0.6 is 0 Å². The van der Waals surface area contributed by atoms with Crippen LogP contribution in [0.15, 0.2) is 73.2 Å². The summed E-state index contributed by atoms with van der Waals surface area (Å²) in [6.45, 7) is 19.5. The van der Waals surface area contributed by atoms with E-state index in [9.17, 15) is 4.55 Å². The fourth-order valence-electron chi connectivity index (χ4n) is 4.43. The van der Waals surface area contributed by atoms with Gasteiger partial charge in [-0.15, -0.1) is 4.72 Å². The molecule has 4 heterocycles. The Balaban J connectivity index is 1.55. The molecule has 0 amide bonds. The molecule has 0 bridgehead atoms. The first-order valence-electron chi connectivity index (χ1n) is 14.9. The molecule has 44 heavy (non-hydrogen) atoms. The van der Waals surface area contributed by atoms with E-state index in [0.717, 1.165) is 39.2 Å². The van der Waals surface area contributed by atoms with Crippen LogP contribution < -0.4 is 4.72 Å². The maximum Gasteiger partial charge on any atom is 0.192 e. The van der Waals surface area contributed by atoms with Gasteiger partial charge in [0.15, 0.2) is 14.1 Å². The second-order valence-corrected chi connectivity index (χ2v) is 20.4. The van der Waals surface area contributed by atoms with E-state index in [-0.39, 0.29) is 15.8 Å². The average Bonchev–Trinajstić information content (AvgIpc) is 3.65. The summed E-state index contributed by atoms with van der Waals surface area (Å²) in [4.78, 5) is 9.94. The monoisotopic (exact) mass is 629 g/mol. The van der Waals surface area contributed by atoms with Crippen LogP contribution in [0, 0.1) is 0 Å². The van der Waals surface area contributed by atoms with Gasteiger partial charge in [-0.2, -0.15) is 10.2 Å². The number of hydrogen-bond acceptors (Lipinski definition) is 7. The maximum absolute atomic E-state index is 12.8. The fraction of sp³-hybridized carbons (Fsp3) is 0.394. The zero-order valence-electron chi connectivity index (χ0n) is 27.1. The van der Waals surface area contributed by atoms with Gasteiger partial charge in [0.25, 0.3) is 0 Å². The third kappa shape index (κ3) is 6.82. The minimum atomic E-state index is -1.93. The topological polar surface area (TPSA) is 106 Å². The van der Waals surface area contributed by atoms with Gasteiger partial charge < -0.3 is 8.98 Å². The van der Waals surface area contributed by atoms with Crippen molar-refractivity contribution in [3.8, 4) is 22.8 Å². The van der Waals surface area contributed by atoms with Gasteiger partial charge in [-0.05, 0) is 88.3 Å². The van der Waals surface area contributed by atoms with E-state index in [2.05, 4.69) is 55.8 Å². The van der Waals surface area contributed by atoms with Crippen molar-refractivity contribution in [2.75, 3.05) is 0 Å². The van der Waals surface area contributed by atoms with Gasteiger partial charge in [-0.1, -0.05) is 32.9 Å². The van der Waals surface area contributed by atoms with E-state index < -0.39 is 19.7 Å². The molecule has 0 saturated carbocycles. The summed E-state index contributed by atoms with van der Waals surface area (Å²) in [5.41, 5.74) is 5.15. The van der Waals surface area contributed by atoms with Crippen molar-refractivity contribution < 1.29 is 8.98 Å². The van der Waals surface area contributed by atoms with Gasteiger partial charge in [0.05, 0.1) is 47.1 Å². The van der Waals surface area contributed by atoms with E-state index in [4.69, 9.17) is 19.5 Å². The first-order chi connectivity index (χ1) is 20.6. The van der Waals surface area contributed by atoms with E-state index in [0.29, 0.717) is 12.4 Å². The van der Waals surface area contributed by atoms with Gasteiger partial charge in [-0.25, -0.2) is 14.3 Å². The van der Waals surface area contributed by atoms with E-state index in [1.54, 1.807) is 6.20 Å². The highest BCUT2D eigenvalue weighted by molar-refractivity contribution is 7.90. The molecule has 0 radical (unpaired) electrons. The standard InChI is InChI=1S/C33H43N7O2SSi/c1-23(38-43(41)32(2,3)4)27-14-11-15-28(37-27)24-19-29(39-18-12-17-34-39)26-21-35-40(30(26)20-24)31-16-10-13-25(36-31)22-42-44(8,9)33(5,6)7/h10-21,23,38H,22H2,1-9H3/t23-,43?/m0/s1. The van der Waals surface area contributed by atoms with Crippen molar-refractivity contribution >= 4 is 30.6 Å². The van der Waals surface area contributed by atoms with E-state index in [1.165, 1.54) is 0 Å². The lowest BCUT2D eigenvalue weighted by molar-refractivity contribution is 0.272. The number of benzene rings is 1. The normalized spacial score (nSPS) is 14.2. The highest BCUT2D eigenvalue weighted by atomic mass is 32.2. The van der Waals surface area contributed by atoms with Gasteiger partial charge >= 0.3 is 0 Å². The average molecular weight is 630 g/mol. The van der Waals surface area contributed by atoms with Crippen LogP contribution in [0.2, 0.25) is 18.1 Å². The quantitative estimate of drug-likeness (QED) is 0.135. The minimum absolute atomic E-state index is 0.116. The molecular formula is C33H43N7O2SSi. The van der Waals surface area contributed by atoms with Gasteiger partial charge in [0, 0.05) is 34.7 Å². The molecular weight excluding hydrogens is 587 g/mol. The number of rotatable bonds is 9. The van der Waals surface area contributed by atoms with Crippen molar-refractivity contribution in [2.24, 2.45) is 0 Å². The molecule has 9 nitrogen and oxygen atoms in total. The van der Waals surface area contributed by atoms with Crippen LogP contribution in [0.25, 0.3) is 33.7 Å². The number of fused-ring (bicyclic) bond motifs is 1. The molecule has 1 N–H and O–H groups in total. The Hall–Kier alpha value is -3.35. The zero-order chi connectivity index (χ0) is 31.9. The summed E-state index contributed by atoms with van der Waals surface area (Å²) in [7, 11) is -1.93. The van der Waals surface area contributed by atoms with Gasteiger partial charge in [0.2, 0.25) is 0 Å². The summed E-state index contributed by atoms with van der Waals surface area (Å²) in [5.74, 6) is 0.712. The van der Waals surface area contributed by atoms with Crippen molar-refractivity contribution in [1.29, 1.82) is 0 Å². The molecule has 232 valence electrons. The minimum Gasteiger partial charge on any atom is -0.598 e. The molecule has 2 atom stereocenters.